The maximum Gasteiger partial charge on any atom is 0.142 e. The van der Waals surface area contributed by atoms with Gasteiger partial charge in [-0.2, -0.15) is 0 Å². The lowest BCUT2D eigenvalue weighted by Crippen LogP contribution is -2.58. The first-order valence-electron chi connectivity index (χ1n) is 11.4. The molecule has 0 aromatic rings. The number of hydrogen-bond donors (Lipinski definition) is 1. The molecule has 0 aromatic heterocycles. The van der Waals surface area contributed by atoms with Gasteiger partial charge in [0.2, 0.25) is 0 Å². The number of allylic oxidation sites excluding steroid dienone is 2. The van der Waals surface area contributed by atoms with Crippen molar-refractivity contribution in [3.63, 3.8) is 0 Å². The fraction of sp³-hybridized carbons (Fsp3) is 0.880. The van der Waals surface area contributed by atoms with Crippen LogP contribution in [0.2, 0.25) is 0 Å². The quantitative estimate of drug-likeness (QED) is 0.623. The van der Waals surface area contributed by atoms with Gasteiger partial charge in [-0.15, -0.1) is 0 Å². The van der Waals surface area contributed by atoms with Crippen molar-refractivity contribution in [3.8, 4) is 0 Å². The van der Waals surface area contributed by atoms with Crippen LogP contribution in [0.15, 0.2) is 11.6 Å². The largest absolute Gasteiger partial charge is 0.396 e. The molecule has 27 heavy (non-hydrogen) atoms. The van der Waals surface area contributed by atoms with Crippen LogP contribution in [0, 0.1) is 45.3 Å². The number of ketones is 1. The zero-order valence-corrected chi connectivity index (χ0v) is 18.4. The van der Waals surface area contributed by atoms with Crippen molar-refractivity contribution in [1.82, 2.24) is 0 Å². The molecule has 0 aromatic carbocycles. The van der Waals surface area contributed by atoms with Gasteiger partial charge in [0.25, 0.3) is 0 Å². The predicted octanol–water partition coefficient (Wildman–Crippen LogP) is 5.79. The SMILES string of the molecule is C[C@H](CO)[C@H]1CC[C@@]2(C)[C@@H]3CC=C4[C@@H](CCC(=O)C4(C)C)[C@]3(C)CC[C@]12C. The van der Waals surface area contributed by atoms with Crippen molar-refractivity contribution in [2.75, 3.05) is 6.61 Å². The van der Waals surface area contributed by atoms with Crippen LogP contribution in [0.25, 0.3) is 0 Å². The van der Waals surface area contributed by atoms with Crippen LogP contribution in [0.5, 0.6) is 0 Å². The van der Waals surface area contributed by atoms with Gasteiger partial charge in [0.15, 0.2) is 0 Å². The van der Waals surface area contributed by atoms with Crippen LogP contribution in [0.4, 0.5) is 0 Å². The third-order valence-corrected chi connectivity index (χ3v) is 10.6. The Labute approximate surface area is 166 Å². The Hall–Kier alpha value is -0.630. The zero-order chi connectivity index (χ0) is 19.8. The Kier molecular flexibility index (Phi) is 4.33. The number of Topliss-reactive ketones (excluding diaryl/α,β-unsaturated/α-hetero) is 1. The van der Waals surface area contributed by atoms with Crippen LogP contribution in [0.3, 0.4) is 0 Å². The van der Waals surface area contributed by atoms with Gasteiger partial charge >= 0.3 is 0 Å². The van der Waals surface area contributed by atoms with E-state index in [1.807, 2.05) is 0 Å². The molecular weight excluding hydrogens is 332 g/mol. The second-order valence-corrected chi connectivity index (χ2v) is 11.7. The molecule has 0 radical (unpaired) electrons. The minimum Gasteiger partial charge on any atom is -0.396 e. The summed E-state index contributed by atoms with van der Waals surface area (Å²) in [5, 5.41) is 9.86. The number of fused-ring (bicyclic) bond motifs is 5. The molecule has 0 amide bonds. The van der Waals surface area contributed by atoms with Crippen molar-refractivity contribution in [2.45, 2.75) is 86.5 Å². The molecule has 3 saturated carbocycles. The molecule has 0 unspecified atom stereocenters. The summed E-state index contributed by atoms with van der Waals surface area (Å²) in [7, 11) is 0. The summed E-state index contributed by atoms with van der Waals surface area (Å²) in [4.78, 5) is 12.6. The first kappa shape index (κ1) is 19.7. The molecular formula is C25H40O2. The highest BCUT2D eigenvalue weighted by molar-refractivity contribution is 5.88. The molecule has 2 nitrogen and oxygen atoms in total. The minimum absolute atomic E-state index is 0.262. The van der Waals surface area contributed by atoms with Gasteiger partial charge in [0.1, 0.15) is 5.78 Å². The maximum atomic E-state index is 12.6. The van der Waals surface area contributed by atoms with Gasteiger partial charge in [0, 0.05) is 18.4 Å². The first-order valence-corrected chi connectivity index (χ1v) is 11.4. The third kappa shape index (κ3) is 2.31. The van der Waals surface area contributed by atoms with E-state index in [4.69, 9.17) is 0 Å². The van der Waals surface area contributed by atoms with E-state index in [0.717, 1.165) is 19.3 Å². The first-order chi connectivity index (χ1) is 12.5. The third-order valence-electron chi connectivity index (χ3n) is 10.6. The van der Waals surface area contributed by atoms with Gasteiger partial charge in [-0.25, -0.2) is 0 Å². The maximum absolute atomic E-state index is 12.6. The standard InChI is InChI=1S/C25H40O2/c1-16(15-26)17-11-12-25(6)20-9-7-18-19(8-10-21(27)22(18,2)3)23(20,4)13-14-24(17,25)5/h7,16-17,19-20,26H,8-15H2,1-6H3/t16-,17-,19-,20-,23+,24-,25+/m1/s1. The van der Waals surface area contributed by atoms with E-state index in [0.29, 0.717) is 52.3 Å². The average Bonchev–Trinajstić information content (AvgIpc) is 2.89. The zero-order valence-electron chi connectivity index (χ0n) is 18.4. The number of carbonyl (C=O) groups excluding carboxylic acids is 1. The lowest BCUT2D eigenvalue weighted by molar-refractivity contribution is -0.147. The summed E-state index contributed by atoms with van der Waals surface area (Å²) in [5.41, 5.74) is 2.21. The molecule has 0 spiro atoms. The van der Waals surface area contributed by atoms with Crippen LogP contribution < -0.4 is 0 Å². The van der Waals surface area contributed by atoms with Crippen molar-refractivity contribution in [1.29, 1.82) is 0 Å². The molecule has 4 aliphatic rings. The molecule has 0 bridgehead atoms. The minimum atomic E-state index is -0.262. The number of carbonyl (C=O) groups is 1. The molecule has 7 atom stereocenters. The van der Waals surface area contributed by atoms with Crippen LogP contribution in [0.1, 0.15) is 86.5 Å². The molecule has 1 N–H and O–H groups in total. The van der Waals surface area contributed by atoms with Gasteiger partial charge < -0.3 is 5.11 Å². The molecule has 0 saturated heterocycles. The van der Waals surface area contributed by atoms with Crippen molar-refractivity contribution in [2.24, 2.45) is 45.3 Å². The highest BCUT2D eigenvalue weighted by atomic mass is 16.3. The molecule has 152 valence electrons. The Bertz CT molecular complexity index is 676. The smallest absolute Gasteiger partial charge is 0.142 e. The van der Waals surface area contributed by atoms with E-state index < -0.39 is 0 Å². The van der Waals surface area contributed by atoms with Crippen LogP contribution >= 0.6 is 0 Å². The predicted molar refractivity (Wildman–Crippen MR) is 110 cm³/mol. The highest BCUT2D eigenvalue weighted by Gasteiger charge is 2.67. The Morgan fingerprint density at radius 2 is 1.78 bits per heavy atom. The fourth-order valence-electron chi connectivity index (χ4n) is 8.61. The molecule has 0 heterocycles. The second-order valence-electron chi connectivity index (χ2n) is 11.7. The van der Waals surface area contributed by atoms with E-state index in [1.54, 1.807) is 0 Å². The summed E-state index contributed by atoms with van der Waals surface area (Å²) in [6, 6.07) is 0. The summed E-state index contributed by atoms with van der Waals surface area (Å²) >= 11 is 0. The summed E-state index contributed by atoms with van der Waals surface area (Å²) in [5.74, 6) is 2.78. The summed E-state index contributed by atoms with van der Waals surface area (Å²) in [6.07, 6.45) is 10.6. The molecule has 3 fully saturated rings. The van der Waals surface area contributed by atoms with E-state index in [2.05, 4.69) is 47.6 Å². The molecule has 2 heteroatoms. The highest BCUT2D eigenvalue weighted by Crippen LogP contribution is 2.74. The number of aliphatic hydroxyl groups excluding tert-OH is 1. The Balaban J connectivity index is 1.75. The summed E-state index contributed by atoms with van der Waals surface area (Å²) < 4.78 is 0. The van der Waals surface area contributed by atoms with E-state index >= 15 is 0 Å². The van der Waals surface area contributed by atoms with Crippen molar-refractivity contribution in [3.05, 3.63) is 11.6 Å². The van der Waals surface area contributed by atoms with Crippen molar-refractivity contribution < 1.29 is 9.90 Å². The lowest BCUT2D eigenvalue weighted by Gasteiger charge is -2.65. The van der Waals surface area contributed by atoms with Gasteiger partial charge in [-0.05, 0) is 92.3 Å². The number of rotatable bonds is 2. The fourth-order valence-corrected chi connectivity index (χ4v) is 8.61. The van der Waals surface area contributed by atoms with Crippen LogP contribution in [-0.2, 0) is 4.79 Å². The van der Waals surface area contributed by atoms with E-state index in [-0.39, 0.29) is 5.41 Å². The van der Waals surface area contributed by atoms with Crippen LogP contribution in [-0.4, -0.2) is 17.5 Å². The Morgan fingerprint density at radius 1 is 1.07 bits per heavy atom. The average molecular weight is 373 g/mol. The molecule has 4 rings (SSSR count). The molecule has 4 aliphatic carbocycles. The van der Waals surface area contributed by atoms with E-state index in [1.165, 1.54) is 31.3 Å². The topological polar surface area (TPSA) is 37.3 Å². The number of aliphatic hydroxyl groups is 1. The molecule has 0 aliphatic heterocycles. The normalized spacial score (nSPS) is 49.7. The van der Waals surface area contributed by atoms with Gasteiger partial charge in [-0.1, -0.05) is 39.3 Å². The summed E-state index contributed by atoms with van der Waals surface area (Å²) in [6.45, 7) is 14.6. The Morgan fingerprint density at radius 3 is 2.44 bits per heavy atom. The number of hydrogen-bond acceptors (Lipinski definition) is 2. The van der Waals surface area contributed by atoms with Gasteiger partial charge in [0.05, 0.1) is 0 Å². The monoisotopic (exact) mass is 372 g/mol. The van der Waals surface area contributed by atoms with E-state index in [9.17, 15) is 9.90 Å². The lowest BCUT2D eigenvalue weighted by atomic mass is 9.39. The second kappa shape index (κ2) is 5.94. The van der Waals surface area contributed by atoms with Crippen molar-refractivity contribution >= 4 is 5.78 Å². The van der Waals surface area contributed by atoms with Gasteiger partial charge in [-0.3, -0.25) is 4.79 Å².